The third kappa shape index (κ3) is 4.98. The molecule has 0 unspecified atom stereocenters. The molecule has 3 N–H and O–H groups in total. The first-order valence-electron chi connectivity index (χ1n) is 10.6. The first-order valence-corrected chi connectivity index (χ1v) is 12.9. The zero-order valence-electron chi connectivity index (χ0n) is 18.2. The molecule has 2 aliphatic heterocycles. The van der Waals surface area contributed by atoms with E-state index in [9.17, 15) is 18.0 Å². The standard InChI is InChI=1S/C21H26N4O6S2/c1-14(20(27)23-21-16(19(22)26)5-12-32-21)24-6-8-25(9-7-24)33(28,29)15-3-4-17-18(13-15)31-11-2-10-30-17/h3-5,12-14H,2,6-11H2,1H3,(H2,22,26)(H,23,27)/t14-/m0/s1. The number of benzene rings is 1. The molecule has 3 heterocycles. The minimum atomic E-state index is -3.71. The highest BCUT2D eigenvalue weighted by molar-refractivity contribution is 7.89. The number of carbonyl (C=O) groups excluding carboxylic acids is 2. The number of carbonyl (C=O) groups is 2. The van der Waals surface area contributed by atoms with Crippen LogP contribution in [0, 0.1) is 0 Å². The number of amides is 2. The number of hydrogen-bond donors (Lipinski definition) is 2. The normalized spacial score (nSPS) is 18.3. The van der Waals surface area contributed by atoms with Gasteiger partial charge in [-0.1, -0.05) is 0 Å². The maximum Gasteiger partial charge on any atom is 0.251 e. The molecule has 10 nitrogen and oxygen atoms in total. The number of sulfonamides is 1. The number of fused-ring (bicyclic) bond motifs is 1. The number of nitrogens with zero attached hydrogens (tertiary/aromatic N) is 2. The van der Waals surface area contributed by atoms with Gasteiger partial charge in [-0.25, -0.2) is 8.42 Å². The Bertz CT molecular complexity index is 1140. The Morgan fingerprint density at radius 3 is 2.48 bits per heavy atom. The molecule has 0 aliphatic carbocycles. The summed E-state index contributed by atoms with van der Waals surface area (Å²) in [5.41, 5.74) is 5.60. The van der Waals surface area contributed by atoms with E-state index >= 15 is 0 Å². The predicted octanol–water partition coefficient (Wildman–Crippen LogP) is 1.34. The molecule has 1 fully saturated rings. The maximum atomic E-state index is 13.2. The Morgan fingerprint density at radius 1 is 1.09 bits per heavy atom. The minimum absolute atomic E-state index is 0.155. The lowest BCUT2D eigenvalue weighted by Crippen LogP contribution is -2.53. The van der Waals surface area contributed by atoms with Crippen LogP contribution < -0.4 is 20.5 Å². The van der Waals surface area contributed by atoms with Crippen molar-refractivity contribution in [2.45, 2.75) is 24.3 Å². The molecule has 1 atom stereocenters. The molecule has 33 heavy (non-hydrogen) atoms. The summed E-state index contributed by atoms with van der Waals surface area (Å²) in [6.07, 6.45) is 0.737. The molecular formula is C21H26N4O6S2. The summed E-state index contributed by atoms with van der Waals surface area (Å²) >= 11 is 1.22. The Labute approximate surface area is 196 Å². The molecule has 0 radical (unpaired) electrons. The van der Waals surface area contributed by atoms with E-state index in [1.807, 2.05) is 4.90 Å². The van der Waals surface area contributed by atoms with Gasteiger partial charge in [-0.2, -0.15) is 4.31 Å². The van der Waals surface area contributed by atoms with Gasteiger partial charge in [0, 0.05) is 38.7 Å². The van der Waals surface area contributed by atoms with Crippen LogP contribution in [0.4, 0.5) is 5.00 Å². The van der Waals surface area contributed by atoms with E-state index in [4.69, 9.17) is 15.2 Å². The Kier molecular flexibility index (Phi) is 6.88. The van der Waals surface area contributed by atoms with E-state index in [1.165, 1.54) is 27.8 Å². The van der Waals surface area contributed by atoms with Crippen LogP contribution in [0.2, 0.25) is 0 Å². The number of thiophene rings is 1. The Balaban J connectivity index is 1.38. The lowest BCUT2D eigenvalue weighted by atomic mass is 10.2. The largest absolute Gasteiger partial charge is 0.490 e. The summed E-state index contributed by atoms with van der Waals surface area (Å²) in [5, 5.41) is 4.85. The van der Waals surface area contributed by atoms with Crippen LogP contribution in [-0.2, 0) is 14.8 Å². The van der Waals surface area contributed by atoms with Gasteiger partial charge in [-0.05, 0) is 30.5 Å². The van der Waals surface area contributed by atoms with Crippen molar-refractivity contribution in [2.24, 2.45) is 5.73 Å². The summed E-state index contributed by atoms with van der Waals surface area (Å²) in [5.74, 6) is 0.0923. The van der Waals surface area contributed by atoms with E-state index in [0.29, 0.717) is 42.8 Å². The number of hydrogen-bond acceptors (Lipinski definition) is 8. The lowest BCUT2D eigenvalue weighted by molar-refractivity contribution is -0.121. The van der Waals surface area contributed by atoms with Crippen molar-refractivity contribution in [2.75, 3.05) is 44.7 Å². The quantitative estimate of drug-likeness (QED) is 0.620. The average molecular weight is 495 g/mol. The van der Waals surface area contributed by atoms with Gasteiger partial charge >= 0.3 is 0 Å². The van der Waals surface area contributed by atoms with Crippen LogP contribution in [0.1, 0.15) is 23.7 Å². The van der Waals surface area contributed by atoms with Crippen molar-refractivity contribution >= 4 is 38.2 Å². The fourth-order valence-electron chi connectivity index (χ4n) is 3.77. The number of anilines is 1. The van der Waals surface area contributed by atoms with Gasteiger partial charge in [0.05, 0.1) is 29.7 Å². The van der Waals surface area contributed by atoms with Crippen molar-refractivity contribution in [3.8, 4) is 11.5 Å². The minimum Gasteiger partial charge on any atom is -0.490 e. The maximum absolute atomic E-state index is 13.2. The van der Waals surface area contributed by atoms with E-state index in [-0.39, 0.29) is 29.5 Å². The number of nitrogens with one attached hydrogen (secondary N) is 1. The average Bonchev–Trinajstić information content (AvgIpc) is 3.14. The monoisotopic (exact) mass is 494 g/mol. The zero-order chi connectivity index (χ0) is 23.6. The molecular weight excluding hydrogens is 468 g/mol. The summed E-state index contributed by atoms with van der Waals surface area (Å²) in [6.45, 7) is 4.04. The third-order valence-electron chi connectivity index (χ3n) is 5.72. The smallest absolute Gasteiger partial charge is 0.251 e. The molecule has 1 saturated heterocycles. The fourth-order valence-corrected chi connectivity index (χ4v) is 6.00. The first-order chi connectivity index (χ1) is 15.8. The molecule has 2 amide bonds. The van der Waals surface area contributed by atoms with Crippen LogP contribution in [0.3, 0.4) is 0 Å². The first kappa shape index (κ1) is 23.5. The highest BCUT2D eigenvalue weighted by Gasteiger charge is 2.33. The number of primary amides is 1. The van der Waals surface area contributed by atoms with Gasteiger partial charge in [-0.3, -0.25) is 14.5 Å². The molecule has 2 aromatic rings. The molecule has 1 aromatic heterocycles. The second-order valence-electron chi connectivity index (χ2n) is 7.79. The molecule has 4 rings (SSSR count). The zero-order valence-corrected chi connectivity index (χ0v) is 19.8. The van der Waals surface area contributed by atoms with Crippen molar-refractivity contribution in [3.05, 3.63) is 35.2 Å². The molecule has 0 saturated carbocycles. The van der Waals surface area contributed by atoms with Gasteiger partial charge in [0.25, 0.3) is 5.91 Å². The van der Waals surface area contributed by atoms with Crippen LogP contribution in [0.25, 0.3) is 0 Å². The van der Waals surface area contributed by atoms with Crippen molar-refractivity contribution in [1.82, 2.24) is 9.21 Å². The van der Waals surface area contributed by atoms with Crippen molar-refractivity contribution < 1.29 is 27.5 Å². The van der Waals surface area contributed by atoms with Crippen LogP contribution >= 0.6 is 11.3 Å². The van der Waals surface area contributed by atoms with Crippen molar-refractivity contribution in [1.29, 1.82) is 0 Å². The van der Waals surface area contributed by atoms with Gasteiger partial charge in [0.15, 0.2) is 11.5 Å². The lowest BCUT2D eigenvalue weighted by Gasteiger charge is -2.36. The summed E-state index contributed by atoms with van der Waals surface area (Å²) in [4.78, 5) is 26.2. The Hall–Kier alpha value is -2.67. The van der Waals surface area contributed by atoms with E-state index in [0.717, 1.165) is 6.42 Å². The summed E-state index contributed by atoms with van der Waals surface area (Å²) < 4.78 is 39.0. The second-order valence-corrected chi connectivity index (χ2v) is 10.6. The third-order valence-corrected chi connectivity index (χ3v) is 8.45. The SMILES string of the molecule is C[C@@H](C(=O)Nc1sccc1C(N)=O)N1CCN(S(=O)(=O)c2ccc3c(c2)OCCCO3)CC1. The van der Waals surface area contributed by atoms with Gasteiger partial charge in [0.1, 0.15) is 5.00 Å². The topological polar surface area (TPSA) is 131 Å². The number of piperazine rings is 1. The highest BCUT2D eigenvalue weighted by atomic mass is 32.2. The van der Waals surface area contributed by atoms with Gasteiger partial charge < -0.3 is 20.5 Å². The van der Waals surface area contributed by atoms with Gasteiger partial charge in [-0.15, -0.1) is 11.3 Å². The predicted molar refractivity (Wildman–Crippen MR) is 123 cm³/mol. The van der Waals surface area contributed by atoms with Crippen molar-refractivity contribution in [3.63, 3.8) is 0 Å². The summed E-state index contributed by atoms with van der Waals surface area (Å²) in [6, 6.07) is 5.73. The number of rotatable bonds is 6. The van der Waals surface area contributed by atoms with Crippen LogP contribution in [0.5, 0.6) is 11.5 Å². The molecule has 178 valence electrons. The Morgan fingerprint density at radius 2 is 1.79 bits per heavy atom. The highest BCUT2D eigenvalue weighted by Crippen LogP contribution is 2.33. The van der Waals surface area contributed by atoms with E-state index in [2.05, 4.69) is 5.32 Å². The second kappa shape index (κ2) is 9.67. The van der Waals surface area contributed by atoms with Crippen LogP contribution in [-0.4, -0.2) is 74.9 Å². The van der Waals surface area contributed by atoms with E-state index in [1.54, 1.807) is 24.4 Å². The molecule has 2 aliphatic rings. The molecule has 1 aromatic carbocycles. The number of nitrogens with two attached hydrogens (primary N) is 1. The van der Waals surface area contributed by atoms with Crippen LogP contribution in [0.15, 0.2) is 34.5 Å². The summed E-state index contributed by atoms with van der Waals surface area (Å²) in [7, 11) is -3.71. The molecule has 0 spiro atoms. The molecule has 0 bridgehead atoms. The molecule has 12 heteroatoms. The fraction of sp³-hybridized carbons (Fsp3) is 0.429. The van der Waals surface area contributed by atoms with Gasteiger partial charge in [0.2, 0.25) is 15.9 Å². The van der Waals surface area contributed by atoms with E-state index < -0.39 is 22.0 Å². The number of ether oxygens (including phenoxy) is 2.